The summed E-state index contributed by atoms with van der Waals surface area (Å²) in [7, 11) is 1.27. The summed E-state index contributed by atoms with van der Waals surface area (Å²) >= 11 is 0. The molecule has 0 aromatic heterocycles. The summed E-state index contributed by atoms with van der Waals surface area (Å²) in [6.45, 7) is 1.84. The van der Waals surface area contributed by atoms with E-state index in [0.29, 0.717) is 0 Å². The van der Waals surface area contributed by atoms with Gasteiger partial charge in [0.15, 0.2) is 0 Å². The van der Waals surface area contributed by atoms with Gasteiger partial charge in [0, 0.05) is 0 Å². The minimum absolute atomic E-state index is 0.265. The van der Waals surface area contributed by atoms with Crippen molar-refractivity contribution in [1.29, 1.82) is 0 Å². The maximum Gasteiger partial charge on any atom is 0.340 e. The van der Waals surface area contributed by atoms with Gasteiger partial charge < -0.3 is 4.74 Å². The molecule has 4 nitrogen and oxygen atoms in total. The van der Waals surface area contributed by atoms with Gasteiger partial charge in [-0.05, 0) is 24.6 Å². The number of hydrogen-bond acceptors (Lipinski definition) is 4. The molecule has 0 spiro atoms. The Bertz CT molecular complexity index is 406. The fraction of sp³-hybridized carbons (Fsp3) is 0.200. The van der Waals surface area contributed by atoms with Crippen LogP contribution in [0.4, 0.5) is 5.69 Å². The van der Waals surface area contributed by atoms with Crippen LogP contribution >= 0.6 is 0 Å². The van der Waals surface area contributed by atoms with E-state index >= 15 is 0 Å². The molecule has 0 N–H and O–H groups in total. The van der Waals surface area contributed by atoms with Crippen molar-refractivity contribution < 1.29 is 14.3 Å². The van der Waals surface area contributed by atoms with Gasteiger partial charge in [-0.25, -0.2) is 9.59 Å². The zero-order valence-corrected chi connectivity index (χ0v) is 7.90. The number of nitrogens with zero attached hydrogens (tertiary/aromatic N) is 1. The molecule has 0 atom stereocenters. The zero-order chi connectivity index (χ0) is 10.6. The van der Waals surface area contributed by atoms with E-state index in [-0.39, 0.29) is 11.3 Å². The molecule has 0 aliphatic rings. The molecule has 0 aliphatic carbocycles. The second-order valence-electron chi connectivity index (χ2n) is 2.72. The molecule has 0 amide bonds. The monoisotopic (exact) mass is 191 g/mol. The molecular formula is C10H9NO3. The fourth-order valence-corrected chi connectivity index (χ4v) is 1.07. The van der Waals surface area contributed by atoms with Gasteiger partial charge in [0.1, 0.15) is 0 Å². The van der Waals surface area contributed by atoms with Crippen LogP contribution in [0, 0.1) is 6.92 Å². The number of aryl methyl sites for hydroxylation is 1. The third kappa shape index (κ3) is 2.06. The lowest BCUT2D eigenvalue weighted by molar-refractivity contribution is 0.0602. The normalized spacial score (nSPS) is 9.00. The van der Waals surface area contributed by atoms with Crippen LogP contribution in [0.15, 0.2) is 23.2 Å². The lowest BCUT2D eigenvalue weighted by Gasteiger charge is -2.02. The number of esters is 1. The van der Waals surface area contributed by atoms with Crippen LogP contribution in [-0.2, 0) is 9.53 Å². The van der Waals surface area contributed by atoms with E-state index in [9.17, 15) is 9.59 Å². The fourth-order valence-electron chi connectivity index (χ4n) is 1.07. The lowest BCUT2D eigenvalue weighted by Crippen LogP contribution is -2.01. The molecule has 0 fully saturated rings. The predicted octanol–water partition coefficient (Wildman–Crippen LogP) is 1.75. The number of benzene rings is 1. The third-order valence-corrected chi connectivity index (χ3v) is 1.72. The van der Waals surface area contributed by atoms with Gasteiger partial charge in [0.25, 0.3) is 0 Å². The quantitative estimate of drug-likeness (QED) is 0.406. The van der Waals surface area contributed by atoms with Gasteiger partial charge in [0.2, 0.25) is 6.08 Å². The standard InChI is InChI=1S/C10H9NO3/c1-7-3-4-8(10(13)14-2)9(5-7)11-6-12/h3-5H,1-2H3. The largest absolute Gasteiger partial charge is 0.465 e. The summed E-state index contributed by atoms with van der Waals surface area (Å²) in [5.41, 5.74) is 1.46. The second kappa shape index (κ2) is 4.35. The number of rotatable bonds is 2. The molecule has 0 saturated heterocycles. The topological polar surface area (TPSA) is 55.7 Å². The molecule has 1 rings (SSSR count). The number of aliphatic imine (C=N–C) groups is 1. The highest BCUT2D eigenvalue weighted by Gasteiger charge is 2.10. The maximum atomic E-state index is 11.2. The zero-order valence-electron chi connectivity index (χ0n) is 7.90. The summed E-state index contributed by atoms with van der Waals surface area (Å²) in [4.78, 5) is 24.7. The molecule has 1 aromatic rings. The van der Waals surface area contributed by atoms with Crippen molar-refractivity contribution in [1.82, 2.24) is 0 Å². The summed E-state index contributed by atoms with van der Waals surface area (Å²) in [5.74, 6) is -0.515. The summed E-state index contributed by atoms with van der Waals surface area (Å²) < 4.78 is 4.53. The Morgan fingerprint density at radius 2 is 2.21 bits per heavy atom. The third-order valence-electron chi connectivity index (χ3n) is 1.72. The summed E-state index contributed by atoms with van der Waals surface area (Å²) in [6, 6.07) is 4.94. The van der Waals surface area contributed by atoms with Crippen LogP contribution in [0.1, 0.15) is 15.9 Å². The molecule has 14 heavy (non-hydrogen) atoms. The van der Waals surface area contributed by atoms with E-state index in [0.717, 1.165) is 5.56 Å². The molecule has 4 heteroatoms. The first-order chi connectivity index (χ1) is 6.69. The number of isocyanates is 1. The van der Waals surface area contributed by atoms with Gasteiger partial charge in [-0.3, -0.25) is 0 Å². The number of carbonyl (C=O) groups is 1. The molecule has 0 saturated carbocycles. The van der Waals surface area contributed by atoms with Gasteiger partial charge in [0.05, 0.1) is 18.4 Å². The molecular weight excluding hydrogens is 182 g/mol. The van der Waals surface area contributed by atoms with Crippen molar-refractivity contribution in [2.75, 3.05) is 7.11 Å². The number of carbonyl (C=O) groups excluding carboxylic acids is 2. The Morgan fingerprint density at radius 3 is 2.79 bits per heavy atom. The van der Waals surface area contributed by atoms with Crippen molar-refractivity contribution in [3.05, 3.63) is 29.3 Å². The van der Waals surface area contributed by atoms with Crippen LogP contribution in [0.25, 0.3) is 0 Å². The van der Waals surface area contributed by atoms with Crippen LogP contribution < -0.4 is 0 Å². The van der Waals surface area contributed by atoms with Crippen molar-refractivity contribution in [2.24, 2.45) is 4.99 Å². The van der Waals surface area contributed by atoms with Crippen molar-refractivity contribution in [2.45, 2.75) is 6.92 Å². The van der Waals surface area contributed by atoms with Gasteiger partial charge in [-0.15, -0.1) is 0 Å². The Hall–Kier alpha value is -1.93. The highest BCUT2D eigenvalue weighted by atomic mass is 16.5. The van der Waals surface area contributed by atoms with Crippen LogP contribution in [-0.4, -0.2) is 19.2 Å². The highest BCUT2D eigenvalue weighted by Crippen LogP contribution is 2.20. The highest BCUT2D eigenvalue weighted by molar-refractivity contribution is 5.95. The Labute approximate surface area is 81.2 Å². The number of methoxy groups -OCH3 is 1. The molecule has 0 bridgehead atoms. The Kier molecular flexibility index (Phi) is 3.15. The van der Waals surface area contributed by atoms with Crippen LogP contribution in [0.3, 0.4) is 0 Å². The van der Waals surface area contributed by atoms with Crippen molar-refractivity contribution >= 4 is 17.7 Å². The molecule has 0 radical (unpaired) electrons. The first-order valence-corrected chi connectivity index (χ1v) is 3.96. The number of hydrogen-bond donors (Lipinski definition) is 0. The summed E-state index contributed by atoms with van der Waals surface area (Å²) in [5, 5.41) is 0. The lowest BCUT2D eigenvalue weighted by atomic mass is 10.1. The average Bonchev–Trinajstić information content (AvgIpc) is 2.17. The van der Waals surface area contributed by atoms with E-state index in [1.165, 1.54) is 13.2 Å². The smallest absolute Gasteiger partial charge is 0.340 e. The van der Waals surface area contributed by atoms with E-state index in [2.05, 4.69) is 9.73 Å². The van der Waals surface area contributed by atoms with E-state index in [4.69, 9.17) is 0 Å². The average molecular weight is 191 g/mol. The van der Waals surface area contributed by atoms with E-state index in [1.807, 2.05) is 6.92 Å². The Balaban J connectivity index is 3.28. The first kappa shape index (κ1) is 10.2. The number of ether oxygens (including phenoxy) is 1. The van der Waals surface area contributed by atoms with Crippen molar-refractivity contribution in [3.8, 4) is 0 Å². The summed E-state index contributed by atoms with van der Waals surface area (Å²) in [6.07, 6.45) is 1.40. The van der Waals surface area contributed by atoms with Gasteiger partial charge in [-0.2, -0.15) is 4.99 Å². The molecule has 0 unspecified atom stereocenters. The van der Waals surface area contributed by atoms with Crippen LogP contribution in [0.2, 0.25) is 0 Å². The molecule has 1 aromatic carbocycles. The minimum Gasteiger partial charge on any atom is -0.465 e. The Morgan fingerprint density at radius 1 is 1.50 bits per heavy atom. The SMILES string of the molecule is COC(=O)c1ccc(C)cc1N=C=O. The molecule has 72 valence electrons. The van der Waals surface area contributed by atoms with Gasteiger partial charge in [-0.1, -0.05) is 6.07 Å². The minimum atomic E-state index is -0.515. The molecule has 0 heterocycles. The first-order valence-electron chi connectivity index (χ1n) is 3.96. The second-order valence-corrected chi connectivity index (χ2v) is 2.72. The maximum absolute atomic E-state index is 11.2. The van der Waals surface area contributed by atoms with E-state index < -0.39 is 5.97 Å². The van der Waals surface area contributed by atoms with Crippen molar-refractivity contribution in [3.63, 3.8) is 0 Å². The molecule has 0 aliphatic heterocycles. The predicted molar refractivity (Wildman–Crippen MR) is 50.3 cm³/mol. The van der Waals surface area contributed by atoms with Crippen LogP contribution in [0.5, 0.6) is 0 Å². The van der Waals surface area contributed by atoms with E-state index in [1.54, 1.807) is 18.2 Å². The van der Waals surface area contributed by atoms with Gasteiger partial charge >= 0.3 is 5.97 Å².